The van der Waals surface area contributed by atoms with Crippen molar-refractivity contribution in [3.63, 3.8) is 0 Å². The van der Waals surface area contributed by atoms with Crippen LogP contribution in [0.5, 0.6) is 11.5 Å². The van der Waals surface area contributed by atoms with Crippen LogP contribution in [0.2, 0.25) is 0 Å². The molecule has 2 fully saturated rings. The van der Waals surface area contributed by atoms with Crippen LogP contribution in [0.3, 0.4) is 0 Å². The number of barbiturate groups is 1. The standard InChI is InChI=1S/C28H32N4O6/c1-4-10-31-26(35)28(25(34)29-27(31)36,13-19-8-9-21(37-2)12-23(19)38-3)17-30-14-18-11-20(16-30)22-6-5-7-24(33)32(22)15-18/h4-9,12,18,20H,1,10-11,13-17H2,2-3H3,(H,29,34,36)/t18-,20+,28?/m1/s1. The van der Waals surface area contributed by atoms with Crippen molar-refractivity contribution in [2.75, 3.05) is 40.4 Å². The first kappa shape index (κ1) is 25.7. The monoisotopic (exact) mass is 520 g/mol. The molecule has 1 aromatic carbocycles. The lowest BCUT2D eigenvalue weighted by molar-refractivity contribution is -0.153. The van der Waals surface area contributed by atoms with E-state index in [9.17, 15) is 19.2 Å². The van der Waals surface area contributed by atoms with E-state index < -0.39 is 23.3 Å². The molecule has 1 N–H and O–H groups in total. The molecule has 38 heavy (non-hydrogen) atoms. The largest absolute Gasteiger partial charge is 0.497 e. The summed E-state index contributed by atoms with van der Waals surface area (Å²) in [4.78, 5) is 55.9. The van der Waals surface area contributed by atoms with E-state index in [2.05, 4.69) is 16.8 Å². The van der Waals surface area contributed by atoms with Gasteiger partial charge in [0, 0.05) is 62.9 Å². The maximum absolute atomic E-state index is 14.0. The van der Waals surface area contributed by atoms with Gasteiger partial charge in [-0.25, -0.2) is 4.79 Å². The Balaban J connectivity index is 1.52. The number of pyridine rings is 1. The first-order chi connectivity index (χ1) is 18.3. The molecule has 1 aromatic heterocycles. The smallest absolute Gasteiger partial charge is 0.331 e. The third-order valence-electron chi connectivity index (χ3n) is 7.90. The number of ether oxygens (including phenoxy) is 2. The Morgan fingerprint density at radius 1 is 1.08 bits per heavy atom. The quantitative estimate of drug-likeness (QED) is 0.417. The van der Waals surface area contributed by atoms with Gasteiger partial charge in [0.1, 0.15) is 16.9 Å². The summed E-state index contributed by atoms with van der Waals surface area (Å²) in [5, 5.41) is 2.42. The van der Waals surface area contributed by atoms with E-state index in [0.29, 0.717) is 36.7 Å². The molecule has 200 valence electrons. The van der Waals surface area contributed by atoms with Crippen molar-refractivity contribution in [2.24, 2.45) is 11.3 Å². The molecular formula is C28H32N4O6. The number of amides is 4. The van der Waals surface area contributed by atoms with Crippen molar-refractivity contribution in [3.05, 3.63) is 70.7 Å². The zero-order chi connectivity index (χ0) is 27.0. The number of aromatic nitrogens is 1. The van der Waals surface area contributed by atoms with Crippen LogP contribution in [-0.2, 0) is 22.6 Å². The highest BCUT2D eigenvalue weighted by Gasteiger charge is 2.55. The summed E-state index contributed by atoms with van der Waals surface area (Å²) in [7, 11) is 3.07. The first-order valence-corrected chi connectivity index (χ1v) is 12.7. The van der Waals surface area contributed by atoms with E-state index in [-0.39, 0.29) is 36.9 Å². The molecule has 5 rings (SSSR count). The number of methoxy groups -OCH3 is 2. The number of nitrogens with one attached hydrogen (secondary N) is 1. The molecule has 1 unspecified atom stereocenters. The van der Waals surface area contributed by atoms with E-state index >= 15 is 0 Å². The average molecular weight is 521 g/mol. The molecule has 3 aliphatic heterocycles. The van der Waals surface area contributed by atoms with E-state index in [0.717, 1.165) is 17.0 Å². The zero-order valence-corrected chi connectivity index (χ0v) is 21.6. The van der Waals surface area contributed by atoms with Gasteiger partial charge >= 0.3 is 6.03 Å². The van der Waals surface area contributed by atoms with Gasteiger partial charge in [-0.05, 0) is 30.0 Å². The van der Waals surface area contributed by atoms with Gasteiger partial charge in [-0.1, -0.05) is 18.2 Å². The molecule has 10 nitrogen and oxygen atoms in total. The van der Waals surface area contributed by atoms with Crippen molar-refractivity contribution < 1.29 is 23.9 Å². The van der Waals surface area contributed by atoms with Crippen LogP contribution >= 0.6 is 0 Å². The Hall–Kier alpha value is -3.92. The minimum absolute atomic E-state index is 0.00543. The van der Waals surface area contributed by atoms with Gasteiger partial charge in [-0.3, -0.25) is 24.6 Å². The summed E-state index contributed by atoms with van der Waals surface area (Å²) in [6, 6.07) is 9.83. The minimum atomic E-state index is -1.57. The Labute approximate surface area is 220 Å². The fourth-order valence-corrected chi connectivity index (χ4v) is 6.21. The lowest BCUT2D eigenvalue weighted by atomic mass is 9.75. The Morgan fingerprint density at radius 3 is 2.63 bits per heavy atom. The normalized spacial score (nSPS) is 25.0. The number of hydrogen-bond donors (Lipinski definition) is 1. The number of likely N-dealkylation sites (tertiary alicyclic amines) is 1. The van der Waals surface area contributed by atoms with Crippen molar-refractivity contribution in [3.8, 4) is 11.5 Å². The summed E-state index contributed by atoms with van der Waals surface area (Å²) in [5.74, 6) is 0.202. The van der Waals surface area contributed by atoms with Crippen LogP contribution in [0, 0.1) is 11.3 Å². The van der Waals surface area contributed by atoms with E-state index in [1.54, 1.807) is 37.4 Å². The molecule has 2 aromatic rings. The maximum atomic E-state index is 14.0. The fraction of sp³-hybridized carbons (Fsp3) is 0.429. The Kier molecular flexibility index (Phi) is 6.83. The number of benzene rings is 1. The minimum Gasteiger partial charge on any atom is -0.497 e. The van der Waals surface area contributed by atoms with Gasteiger partial charge in [0.25, 0.3) is 5.56 Å². The number of carbonyl (C=O) groups excluding carboxylic acids is 3. The molecule has 2 bridgehead atoms. The third-order valence-corrected chi connectivity index (χ3v) is 7.90. The number of rotatable bonds is 8. The van der Waals surface area contributed by atoms with Crippen molar-refractivity contribution in [2.45, 2.75) is 25.3 Å². The number of hydrogen-bond acceptors (Lipinski definition) is 7. The summed E-state index contributed by atoms with van der Waals surface area (Å²) in [6.07, 6.45) is 2.44. The molecule has 3 aliphatic rings. The third kappa shape index (κ3) is 4.38. The predicted octanol–water partition coefficient (Wildman–Crippen LogP) is 1.78. The molecule has 0 spiro atoms. The van der Waals surface area contributed by atoms with E-state index in [1.807, 2.05) is 10.6 Å². The van der Waals surface area contributed by atoms with Crippen molar-refractivity contribution in [1.29, 1.82) is 0 Å². The fourth-order valence-electron chi connectivity index (χ4n) is 6.21. The number of imide groups is 2. The maximum Gasteiger partial charge on any atom is 0.331 e. The van der Waals surface area contributed by atoms with Gasteiger partial charge in [-0.2, -0.15) is 0 Å². The van der Waals surface area contributed by atoms with Gasteiger partial charge in [-0.15, -0.1) is 6.58 Å². The second-order valence-electron chi connectivity index (χ2n) is 10.3. The van der Waals surface area contributed by atoms with E-state index in [4.69, 9.17) is 9.47 Å². The predicted molar refractivity (Wildman–Crippen MR) is 139 cm³/mol. The van der Waals surface area contributed by atoms with E-state index in [1.165, 1.54) is 13.2 Å². The lowest BCUT2D eigenvalue weighted by Crippen LogP contribution is -2.68. The first-order valence-electron chi connectivity index (χ1n) is 12.7. The summed E-state index contributed by atoms with van der Waals surface area (Å²) in [6.45, 7) is 5.61. The second-order valence-corrected chi connectivity index (χ2v) is 10.3. The van der Waals surface area contributed by atoms with Crippen LogP contribution < -0.4 is 20.3 Å². The summed E-state index contributed by atoms with van der Waals surface area (Å²) in [5.41, 5.74) is 0.0565. The summed E-state index contributed by atoms with van der Waals surface area (Å²) >= 11 is 0. The van der Waals surface area contributed by atoms with Gasteiger partial charge in [0.2, 0.25) is 11.8 Å². The number of nitrogens with zero attached hydrogens (tertiary/aromatic N) is 3. The number of carbonyl (C=O) groups is 3. The molecular weight excluding hydrogens is 488 g/mol. The molecule has 10 heteroatoms. The molecule has 4 amide bonds. The second kappa shape index (κ2) is 10.1. The summed E-state index contributed by atoms with van der Waals surface area (Å²) < 4.78 is 12.7. The lowest BCUT2D eigenvalue weighted by Gasteiger charge is -2.47. The Morgan fingerprint density at radius 2 is 1.89 bits per heavy atom. The van der Waals surface area contributed by atoms with Crippen LogP contribution in [0.4, 0.5) is 4.79 Å². The zero-order valence-electron chi connectivity index (χ0n) is 21.6. The van der Waals surface area contributed by atoms with Gasteiger partial charge in [0.15, 0.2) is 0 Å². The van der Waals surface area contributed by atoms with Gasteiger partial charge < -0.3 is 18.9 Å². The van der Waals surface area contributed by atoms with Gasteiger partial charge in [0.05, 0.1) is 14.2 Å². The molecule has 0 saturated carbocycles. The number of piperidine rings is 1. The van der Waals surface area contributed by atoms with Crippen LogP contribution in [0.15, 0.2) is 53.8 Å². The topological polar surface area (TPSA) is 110 Å². The Bertz CT molecular complexity index is 1350. The molecule has 0 aliphatic carbocycles. The highest BCUT2D eigenvalue weighted by Crippen LogP contribution is 2.39. The van der Waals surface area contributed by atoms with Crippen molar-refractivity contribution in [1.82, 2.24) is 19.7 Å². The molecule has 4 heterocycles. The average Bonchev–Trinajstić information content (AvgIpc) is 2.90. The van der Waals surface area contributed by atoms with Crippen LogP contribution in [0.25, 0.3) is 0 Å². The number of fused-ring (bicyclic) bond motifs is 4. The highest BCUT2D eigenvalue weighted by atomic mass is 16.5. The SMILES string of the molecule is C=CCN1C(=O)NC(=O)C(Cc2ccc(OC)cc2OC)(CN2C[C@H]3C[C@@H](C2)c2cccc(=O)n2C3)C1=O. The molecule has 3 atom stereocenters. The van der Waals surface area contributed by atoms with Crippen LogP contribution in [-0.4, -0.2) is 72.6 Å². The number of urea groups is 1. The highest BCUT2D eigenvalue weighted by molar-refractivity contribution is 6.19. The molecule has 0 radical (unpaired) electrons. The van der Waals surface area contributed by atoms with Crippen LogP contribution in [0.1, 0.15) is 23.6 Å². The van der Waals surface area contributed by atoms with Crippen molar-refractivity contribution >= 4 is 17.8 Å². The molecule has 2 saturated heterocycles.